The molecule has 0 aliphatic heterocycles. The van der Waals surface area contributed by atoms with E-state index in [2.05, 4.69) is 20.6 Å². The van der Waals surface area contributed by atoms with Gasteiger partial charge in [0.1, 0.15) is 10.7 Å². The summed E-state index contributed by atoms with van der Waals surface area (Å²) in [5.74, 6) is -0.0565. The number of benzene rings is 1. The summed E-state index contributed by atoms with van der Waals surface area (Å²) in [6, 6.07) is 12.2. The first kappa shape index (κ1) is 15.8. The summed E-state index contributed by atoms with van der Waals surface area (Å²) in [6.45, 7) is 1.84. The van der Waals surface area contributed by atoms with Crippen molar-refractivity contribution >= 4 is 34.7 Å². The maximum absolute atomic E-state index is 12.0. The molecule has 0 atom stereocenters. The fourth-order valence-corrected chi connectivity index (χ4v) is 2.65. The standard InChI is InChI=1S/C17H14N4O2S/c1-11-18-10-14(24-11)17(23)20-13-7-8-15(19-9-13)21-16(22)12-5-3-2-4-6-12/h2-10H,1H3,(H,20,23)(H,19,21,22). The molecule has 2 N–H and O–H groups in total. The molecule has 0 saturated heterocycles. The summed E-state index contributed by atoms with van der Waals surface area (Å²) in [7, 11) is 0. The summed E-state index contributed by atoms with van der Waals surface area (Å²) in [6.07, 6.45) is 3.03. The smallest absolute Gasteiger partial charge is 0.267 e. The maximum atomic E-state index is 12.0. The van der Waals surface area contributed by atoms with Crippen LogP contribution in [0, 0.1) is 6.92 Å². The van der Waals surface area contributed by atoms with Gasteiger partial charge in [0.15, 0.2) is 0 Å². The minimum absolute atomic E-state index is 0.233. The van der Waals surface area contributed by atoms with E-state index in [1.165, 1.54) is 23.7 Å². The van der Waals surface area contributed by atoms with Crippen LogP contribution in [0.5, 0.6) is 0 Å². The highest BCUT2D eigenvalue weighted by molar-refractivity contribution is 7.13. The number of amides is 2. The van der Waals surface area contributed by atoms with Gasteiger partial charge in [-0.15, -0.1) is 11.3 Å². The van der Waals surface area contributed by atoms with Crippen LogP contribution in [0.1, 0.15) is 25.0 Å². The highest BCUT2D eigenvalue weighted by Gasteiger charge is 2.10. The Labute approximate surface area is 142 Å². The number of carbonyl (C=O) groups is 2. The Morgan fingerprint density at radius 2 is 1.71 bits per heavy atom. The maximum Gasteiger partial charge on any atom is 0.267 e. The van der Waals surface area contributed by atoms with E-state index in [1.807, 2.05) is 13.0 Å². The van der Waals surface area contributed by atoms with Gasteiger partial charge in [-0.05, 0) is 31.2 Å². The van der Waals surface area contributed by atoms with Crippen LogP contribution in [0.3, 0.4) is 0 Å². The summed E-state index contributed by atoms with van der Waals surface area (Å²) < 4.78 is 0. The highest BCUT2D eigenvalue weighted by atomic mass is 32.1. The molecule has 1 aromatic carbocycles. The Bertz CT molecular complexity index is 860. The minimum atomic E-state index is -0.236. The molecule has 0 fully saturated rings. The number of nitrogens with zero attached hydrogens (tertiary/aromatic N) is 2. The first-order valence-electron chi connectivity index (χ1n) is 7.18. The van der Waals surface area contributed by atoms with Gasteiger partial charge in [0.25, 0.3) is 11.8 Å². The monoisotopic (exact) mass is 338 g/mol. The van der Waals surface area contributed by atoms with Crippen molar-refractivity contribution in [3.8, 4) is 0 Å². The number of anilines is 2. The van der Waals surface area contributed by atoms with Gasteiger partial charge in [0, 0.05) is 5.56 Å². The topological polar surface area (TPSA) is 84.0 Å². The van der Waals surface area contributed by atoms with E-state index in [0.717, 1.165) is 5.01 Å². The Morgan fingerprint density at radius 3 is 2.33 bits per heavy atom. The molecule has 0 bridgehead atoms. The molecular weight excluding hydrogens is 324 g/mol. The van der Waals surface area contributed by atoms with Crippen molar-refractivity contribution in [1.82, 2.24) is 9.97 Å². The summed E-state index contributed by atoms with van der Waals surface area (Å²) >= 11 is 1.32. The van der Waals surface area contributed by atoms with Gasteiger partial charge in [-0.2, -0.15) is 0 Å². The number of thiazole rings is 1. The van der Waals surface area contributed by atoms with Gasteiger partial charge < -0.3 is 10.6 Å². The summed E-state index contributed by atoms with van der Waals surface area (Å²) in [5, 5.41) is 6.27. The largest absolute Gasteiger partial charge is 0.320 e. The van der Waals surface area contributed by atoms with Crippen LogP contribution in [-0.4, -0.2) is 21.8 Å². The molecule has 3 aromatic rings. The molecule has 0 aliphatic rings. The quantitative estimate of drug-likeness (QED) is 0.764. The van der Waals surface area contributed by atoms with Gasteiger partial charge in [0.05, 0.1) is 23.1 Å². The SMILES string of the molecule is Cc1ncc(C(=O)Nc2ccc(NC(=O)c3ccccc3)nc2)s1. The third-order valence-electron chi connectivity index (χ3n) is 3.14. The van der Waals surface area contributed by atoms with E-state index in [1.54, 1.807) is 36.4 Å². The van der Waals surface area contributed by atoms with Gasteiger partial charge in [-0.25, -0.2) is 9.97 Å². The number of aryl methyl sites for hydroxylation is 1. The summed E-state index contributed by atoms with van der Waals surface area (Å²) in [5.41, 5.74) is 1.10. The molecule has 24 heavy (non-hydrogen) atoms. The van der Waals surface area contributed by atoms with E-state index >= 15 is 0 Å². The number of pyridine rings is 1. The fourth-order valence-electron chi connectivity index (χ4n) is 1.98. The predicted molar refractivity (Wildman–Crippen MR) is 93.4 cm³/mol. The van der Waals surface area contributed by atoms with E-state index in [-0.39, 0.29) is 11.8 Å². The van der Waals surface area contributed by atoms with E-state index in [0.29, 0.717) is 21.9 Å². The van der Waals surface area contributed by atoms with Gasteiger partial charge in [-0.3, -0.25) is 9.59 Å². The lowest BCUT2D eigenvalue weighted by molar-refractivity contribution is 0.101. The number of aromatic nitrogens is 2. The van der Waals surface area contributed by atoms with Crippen molar-refractivity contribution in [3.63, 3.8) is 0 Å². The highest BCUT2D eigenvalue weighted by Crippen LogP contribution is 2.15. The van der Waals surface area contributed by atoms with Crippen molar-refractivity contribution in [2.45, 2.75) is 6.92 Å². The molecule has 7 heteroatoms. The van der Waals surface area contributed by atoms with Gasteiger partial charge >= 0.3 is 0 Å². The van der Waals surface area contributed by atoms with Crippen molar-refractivity contribution < 1.29 is 9.59 Å². The normalized spacial score (nSPS) is 10.2. The van der Waals surface area contributed by atoms with Crippen LogP contribution in [0.2, 0.25) is 0 Å². The molecule has 0 saturated carbocycles. The molecule has 6 nitrogen and oxygen atoms in total. The van der Waals surface area contributed by atoms with E-state index in [9.17, 15) is 9.59 Å². The number of rotatable bonds is 4. The first-order valence-corrected chi connectivity index (χ1v) is 8.00. The molecule has 2 heterocycles. The van der Waals surface area contributed by atoms with Crippen LogP contribution < -0.4 is 10.6 Å². The van der Waals surface area contributed by atoms with Crippen LogP contribution in [0.15, 0.2) is 54.9 Å². The molecular formula is C17H14N4O2S. The molecule has 0 unspecified atom stereocenters. The van der Waals surface area contributed by atoms with Gasteiger partial charge in [-0.1, -0.05) is 18.2 Å². The zero-order chi connectivity index (χ0) is 16.9. The number of hydrogen-bond acceptors (Lipinski definition) is 5. The second-order valence-electron chi connectivity index (χ2n) is 4.95. The molecule has 2 aromatic heterocycles. The minimum Gasteiger partial charge on any atom is -0.320 e. The van der Waals surface area contributed by atoms with E-state index < -0.39 is 0 Å². The average Bonchev–Trinajstić information content (AvgIpc) is 3.04. The second kappa shape index (κ2) is 7.01. The second-order valence-corrected chi connectivity index (χ2v) is 6.18. The Hall–Kier alpha value is -3.06. The predicted octanol–water partition coefficient (Wildman–Crippen LogP) is 3.35. The third kappa shape index (κ3) is 3.82. The van der Waals surface area contributed by atoms with Crippen molar-refractivity contribution in [2.24, 2.45) is 0 Å². The Balaban J connectivity index is 1.63. The Morgan fingerprint density at radius 1 is 0.917 bits per heavy atom. The van der Waals surface area contributed by atoms with Crippen LogP contribution in [-0.2, 0) is 0 Å². The number of carbonyl (C=O) groups excluding carboxylic acids is 2. The zero-order valence-electron chi connectivity index (χ0n) is 12.8. The zero-order valence-corrected chi connectivity index (χ0v) is 13.6. The molecule has 0 radical (unpaired) electrons. The Kier molecular flexibility index (Phi) is 4.62. The fraction of sp³-hybridized carbons (Fsp3) is 0.0588. The molecule has 2 amide bonds. The average molecular weight is 338 g/mol. The van der Waals surface area contributed by atoms with Crippen molar-refractivity contribution in [2.75, 3.05) is 10.6 Å². The van der Waals surface area contributed by atoms with Crippen LogP contribution in [0.4, 0.5) is 11.5 Å². The number of hydrogen-bond donors (Lipinski definition) is 2. The van der Waals surface area contributed by atoms with Crippen molar-refractivity contribution in [1.29, 1.82) is 0 Å². The molecule has 0 spiro atoms. The van der Waals surface area contributed by atoms with Crippen LogP contribution in [0.25, 0.3) is 0 Å². The van der Waals surface area contributed by atoms with Crippen LogP contribution >= 0.6 is 11.3 Å². The van der Waals surface area contributed by atoms with E-state index in [4.69, 9.17) is 0 Å². The van der Waals surface area contributed by atoms with Crippen molar-refractivity contribution in [3.05, 3.63) is 70.3 Å². The molecule has 120 valence electrons. The van der Waals surface area contributed by atoms with Gasteiger partial charge in [0.2, 0.25) is 0 Å². The summed E-state index contributed by atoms with van der Waals surface area (Å²) in [4.78, 5) is 32.8. The molecule has 0 aliphatic carbocycles. The lowest BCUT2D eigenvalue weighted by Gasteiger charge is -2.06. The lowest BCUT2D eigenvalue weighted by Crippen LogP contribution is -2.13. The first-order chi connectivity index (χ1) is 11.6. The lowest BCUT2D eigenvalue weighted by atomic mass is 10.2. The number of nitrogens with one attached hydrogen (secondary N) is 2. The molecule has 3 rings (SSSR count). The third-order valence-corrected chi connectivity index (χ3v) is 4.06.